The summed E-state index contributed by atoms with van der Waals surface area (Å²) in [4.78, 5) is 25.8. The van der Waals surface area contributed by atoms with Gasteiger partial charge in [-0.25, -0.2) is 4.79 Å². The third-order valence-electron chi connectivity index (χ3n) is 7.17. The van der Waals surface area contributed by atoms with E-state index in [1.807, 2.05) is 65.0 Å². The number of rotatable bonds is 10. The van der Waals surface area contributed by atoms with Crippen molar-refractivity contribution in [2.24, 2.45) is 0 Å². The van der Waals surface area contributed by atoms with E-state index in [1.54, 1.807) is 0 Å². The molecule has 1 heterocycles. The maximum Gasteiger partial charge on any atom is 0.408 e. The zero-order chi connectivity index (χ0) is 28.3. The van der Waals surface area contributed by atoms with Crippen molar-refractivity contribution in [1.29, 1.82) is 0 Å². The maximum absolute atomic E-state index is 13.2. The Morgan fingerprint density at radius 3 is 2.36 bits per heavy atom. The number of hydrogen-bond acceptors (Lipinski definition) is 6. The number of carbonyl (C=O) groups excluding carboxylic acids is 2. The van der Waals surface area contributed by atoms with Gasteiger partial charge >= 0.3 is 6.09 Å². The summed E-state index contributed by atoms with van der Waals surface area (Å²) in [6.45, 7) is 12.7. The molecule has 1 aliphatic heterocycles. The van der Waals surface area contributed by atoms with Crippen LogP contribution in [0.3, 0.4) is 0 Å². The van der Waals surface area contributed by atoms with Gasteiger partial charge in [-0.1, -0.05) is 44.4 Å². The van der Waals surface area contributed by atoms with Crippen LogP contribution in [-0.2, 0) is 20.6 Å². The molecule has 0 radical (unpaired) electrons. The predicted octanol–water partition coefficient (Wildman–Crippen LogP) is 6.84. The lowest BCUT2D eigenvalue weighted by Gasteiger charge is -2.44. The number of unbranched alkanes of at least 4 members (excludes halogenated alkanes) is 3. The Morgan fingerprint density at radius 1 is 0.949 bits per heavy atom. The van der Waals surface area contributed by atoms with Gasteiger partial charge in [0.15, 0.2) is 11.6 Å². The third-order valence-corrected chi connectivity index (χ3v) is 7.17. The van der Waals surface area contributed by atoms with E-state index in [2.05, 4.69) is 18.3 Å². The molecule has 0 atom stereocenters. The molecule has 0 unspecified atom stereocenters. The number of alkyl carbamates (subject to hydrolysis) is 1. The number of hydrogen-bond donors (Lipinski definition) is 1. The van der Waals surface area contributed by atoms with Crippen molar-refractivity contribution in [3.63, 3.8) is 0 Å². The summed E-state index contributed by atoms with van der Waals surface area (Å²) in [5.41, 5.74) is 3.00. The summed E-state index contributed by atoms with van der Waals surface area (Å²) in [5, 5.41) is 3.03. The van der Waals surface area contributed by atoms with Crippen LogP contribution in [0.2, 0.25) is 0 Å². The molecular formula is C32H43NO6. The summed E-state index contributed by atoms with van der Waals surface area (Å²) in [6.07, 6.45) is 5.32. The number of benzene rings is 2. The van der Waals surface area contributed by atoms with Crippen LogP contribution < -0.4 is 10.1 Å². The summed E-state index contributed by atoms with van der Waals surface area (Å²) in [7, 11) is 0. The quantitative estimate of drug-likeness (QED) is 0.285. The minimum Gasteiger partial charge on any atom is -0.494 e. The van der Waals surface area contributed by atoms with Gasteiger partial charge in [-0.2, -0.15) is 0 Å². The lowest BCUT2D eigenvalue weighted by atomic mass is 9.90. The second kappa shape index (κ2) is 11.7. The molecule has 0 aromatic heterocycles. The van der Waals surface area contributed by atoms with Gasteiger partial charge in [0.25, 0.3) is 0 Å². The Balaban J connectivity index is 1.47. The SMILES string of the molecule is CCCCCCOc1ccc2c(c1)C(=O)c1ccc(CCC3(NC(=O)OC(C)(C)C)COC(C)(C)OC3)cc1-2. The Bertz CT molecular complexity index is 1190. The molecule has 2 aromatic rings. The monoisotopic (exact) mass is 537 g/mol. The zero-order valence-electron chi connectivity index (χ0n) is 24.3. The van der Waals surface area contributed by atoms with Crippen molar-refractivity contribution < 1.29 is 28.5 Å². The number of carbonyl (C=O) groups is 2. The van der Waals surface area contributed by atoms with Crippen LogP contribution in [0.25, 0.3) is 11.1 Å². The molecule has 0 saturated carbocycles. The normalized spacial score (nSPS) is 17.3. The van der Waals surface area contributed by atoms with Gasteiger partial charge in [0.05, 0.1) is 25.4 Å². The molecule has 1 fully saturated rings. The zero-order valence-corrected chi connectivity index (χ0v) is 24.3. The van der Waals surface area contributed by atoms with Crippen LogP contribution >= 0.6 is 0 Å². The minimum absolute atomic E-state index is 0.0300. The first kappa shape index (κ1) is 29.1. The molecule has 1 amide bonds. The average molecular weight is 538 g/mol. The van der Waals surface area contributed by atoms with Gasteiger partial charge in [0.2, 0.25) is 0 Å². The van der Waals surface area contributed by atoms with Gasteiger partial charge in [-0.15, -0.1) is 0 Å². The molecule has 39 heavy (non-hydrogen) atoms. The summed E-state index contributed by atoms with van der Waals surface area (Å²) < 4.78 is 23.3. The highest BCUT2D eigenvalue weighted by Crippen LogP contribution is 2.39. The highest BCUT2D eigenvalue weighted by Gasteiger charge is 2.42. The standard InChI is InChI=1S/C32H43NO6/c1-7-8-9-10-17-36-23-12-14-24-26-18-22(11-13-25(26)28(34)27(24)19-23)15-16-32(20-37-31(5,6)38-21-32)33-29(35)39-30(2,3)4/h11-14,18-19H,7-10,15-17,20-21H2,1-6H3,(H,33,35). The van der Waals surface area contributed by atoms with Crippen LogP contribution in [0, 0.1) is 0 Å². The van der Waals surface area contributed by atoms with Gasteiger partial charge in [0.1, 0.15) is 11.4 Å². The maximum atomic E-state index is 13.2. The smallest absolute Gasteiger partial charge is 0.408 e. The van der Waals surface area contributed by atoms with E-state index in [0.717, 1.165) is 35.3 Å². The van der Waals surface area contributed by atoms with Gasteiger partial charge in [0, 0.05) is 11.1 Å². The van der Waals surface area contributed by atoms with E-state index in [9.17, 15) is 9.59 Å². The topological polar surface area (TPSA) is 83.1 Å². The highest BCUT2D eigenvalue weighted by molar-refractivity contribution is 6.21. The fraction of sp³-hybridized carbons (Fsp3) is 0.562. The van der Waals surface area contributed by atoms with Crippen molar-refractivity contribution in [2.75, 3.05) is 19.8 Å². The molecule has 2 aromatic carbocycles. The molecular weight excluding hydrogens is 494 g/mol. The van der Waals surface area contributed by atoms with E-state index in [4.69, 9.17) is 18.9 Å². The Kier molecular flexibility index (Phi) is 8.72. The summed E-state index contributed by atoms with van der Waals surface area (Å²) in [5.74, 6) is 0.0545. The lowest BCUT2D eigenvalue weighted by molar-refractivity contribution is -0.271. The van der Waals surface area contributed by atoms with E-state index >= 15 is 0 Å². The largest absolute Gasteiger partial charge is 0.494 e. The third kappa shape index (κ3) is 7.40. The van der Waals surface area contributed by atoms with E-state index in [1.165, 1.54) is 12.8 Å². The molecule has 1 aliphatic carbocycles. The van der Waals surface area contributed by atoms with Crippen LogP contribution in [0.15, 0.2) is 36.4 Å². The van der Waals surface area contributed by atoms with Gasteiger partial charge in [-0.3, -0.25) is 4.79 Å². The number of nitrogens with one attached hydrogen (secondary N) is 1. The van der Waals surface area contributed by atoms with E-state index in [-0.39, 0.29) is 5.78 Å². The van der Waals surface area contributed by atoms with Crippen molar-refractivity contribution >= 4 is 11.9 Å². The van der Waals surface area contributed by atoms with Gasteiger partial charge < -0.3 is 24.3 Å². The molecule has 212 valence electrons. The second-order valence-corrected chi connectivity index (χ2v) is 12.2. The fourth-order valence-corrected chi connectivity index (χ4v) is 4.96. The molecule has 0 spiro atoms. The summed E-state index contributed by atoms with van der Waals surface area (Å²) >= 11 is 0. The molecule has 4 rings (SSSR count). The molecule has 1 N–H and O–H groups in total. The summed E-state index contributed by atoms with van der Waals surface area (Å²) in [6, 6.07) is 11.8. The van der Waals surface area contributed by atoms with Crippen LogP contribution in [0.5, 0.6) is 5.75 Å². The second-order valence-electron chi connectivity index (χ2n) is 12.2. The van der Waals surface area contributed by atoms with Crippen molar-refractivity contribution in [1.82, 2.24) is 5.32 Å². The van der Waals surface area contributed by atoms with Crippen molar-refractivity contribution in [3.05, 3.63) is 53.1 Å². The Hall–Kier alpha value is -2.90. The molecule has 1 saturated heterocycles. The Morgan fingerprint density at radius 2 is 1.67 bits per heavy atom. The lowest BCUT2D eigenvalue weighted by Crippen LogP contribution is -2.61. The number of amides is 1. The van der Waals surface area contributed by atoms with Gasteiger partial charge in [-0.05, 0) is 88.8 Å². The first-order chi connectivity index (χ1) is 18.4. The van der Waals surface area contributed by atoms with Crippen molar-refractivity contribution in [3.8, 4) is 16.9 Å². The number of aryl methyl sites for hydroxylation is 1. The molecule has 0 bridgehead atoms. The van der Waals surface area contributed by atoms with E-state index in [0.29, 0.717) is 43.8 Å². The van der Waals surface area contributed by atoms with Crippen LogP contribution in [-0.4, -0.2) is 48.6 Å². The number of ketones is 1. The van der Waals surface area contributed by atoms with E-state index < -0.39 is 23.0 Å². The minimum atomic E-state index is -0.728. The molecule has 7 heteroatoms. The predicted molar refractivity (Wildman–Crippen MR) is 151 cm³/mol. The number of ether oxygens (including phenoxy) is 4. The van der Waals surface area contributed by atoms with Crippen LogP contribution in [0.4, 0.5) is 4.79 Å². The Labute approximate surface area is 232 Å². The highest BCUT2D eigenvalue weighted by atomic mass is 16.7. The first-order valence-corrected chi connectivity index (χ1v) is 14.1. The number of fused-ring (bicyclic) bond motifs is 3. The fourth-order valence-electron chi connectivity index (χ4n) is 4.96. The van der Waals surface area contributed by atoms with Crippen molar-refractivity contribution in [2.45, 2.75) is 97.0 Å². The van der Waals surface area contributed by atoms with Crippen LogP contribution in [0.1, 0.15) is 95.1 Å². The first-order valence-electron chi connectivity index (χ1n) is 14.1. The average Bonchev–Trinajstić information content (AvgIpc) is 3.14. The molecule has 2 aliphatic rings. The molecule has 7 nitrogen and oxygen atoms in total.